The van der Waals surface area contributed by atoms with Crippen LogP contribution in [-0.4, -0.2) is 23.9 Å². The first-order valence-electron chi connectivity index (χ1n) is 7.60. The molecule has 1 aromatic heterocycles. The molecule has 0 aliphatic carbocycles. The molecular formula is C17H25N3O. The van der Waals surface area contributed by atoms with E-state index in [1.54, 1.807) is 7.11 Å². The SMILES string of the molecule is CCC(NCCCc1cn[nH]c1C)c1ccc(OC)cc1. The van der Waals surface area contributed by atoms with Gasteiger partial charge in [-0.15, -0.1) is 0 Å². The Morgan fingerprint density at radius 1 is 1.29 bits per heavy atom. The summed E-state index contributed by atoms with van der Waals surface area (Å²) in [5.74, 6) is 0.907. The molecule has 0 aliphatic heterocycles. The minimum Gasteiger partial charge on any atom is -0.497 e. The Morgan fingerprint density at radius 3 is 2.62 bits per heavy atom. The molecule has 2 aromatic rings. The van der Waals surface area contributed by atoms with Crippen molar-refractivity contribution in [3.05, 3.63) is 47.3 Å². The maximum Gasteiger partial charge on any atom is 0.118 e. The summed E-state index contributed by atoms with van der Waals surface area (Å²) in [6.45, 7) is 5.29. The normalized spacial score (nSPS) is 12.3. The molecule has 0 saturated carbocycles. The molecule has 1 aromatic carbocycles. The second kappa shape index (κ2) is 7.84. The highest BCUT2D eigenvalue weighted by Gasteiger charge is 2.08. The summed E-state index contributed by atoms with van der Waals surface area (Å²) in [6, 6.07) is 8.73. The first-order chi connectivity index (χ1) is 10.2. The quantitative estimate of drug-likeness (QED) is 0.732. The van der Waals surface area contributed by atoms with E-state index >= 15 is 0 Å². The van der Waals surface area contributed by atoms with Gasteiger partial charge < -0.3 is 10.1 Å². The van der Waals surface area contributed by atoms with Gasteiger partial charge in [0, 0.05) is 11.7 Å². The van der Waals surface area contributed by atoms with Crippen LogP contribution in [0.1, 0.15) is 42.6 Å². The second-order valence-electron chi connectivity index (χ2n) is 5.31. The largest absolute Gasteiger partial charge is 0.497 e. The molecule has 114 valence electrons. The molecule has 4 heteroatoms. The molecule has 0 amide bonds. The van der Waals surface area contributed by atoms with Gasteiger partial charge in [-0.05, 0) is 56.0 Å². The highest BCUT2D eigenvalue weighted by atomic mass is 16.5. The number of methoxy groups -OCH3 is 1. The molecule has 0 bridgehead atoms. The average molecular weight is 287 g/mol. The number of aromatic amines is 1. The van der Waals surface area contributed by atoms with Crippen LogP contribution < -0.4 is 10.1 Å². The maximum absolute atomic E-state index is 5.20. The number of H-pyrrole nitrogens is 1. The van der Waals surface area contributed by atoms with Crippen LogP contribution in [0.15, 0.2) is 30.5 Å². The van der Waals surface area contributed by atoms with Crippen LogP contribution in [0.2, 0.25) is 0 Å². The molecule has 0 aliphatic rings. The number of aryl methyl sites for hydroxylation is 2. The minimum absolute atomic E-state index is 0.404. The Kier molecular flexibility index (Phi) is 5.81. The smallest absolute Gasteiger partial charge is 0.118 e. The fourth-order valence-corrected chi connectivity index (χ4v) is 2.52. The predicted octanol–water partition coefficient (Wildman–Crippen LogP) is 3.40. The average Bonchev–Trinajstić information content (AvgIpc) is 2.93. The van der Waals surface area contributed by atoms with E-state index in [4.69, 9.17) is 4.74 Å². The van der Waals surface area contributed by atoms with Crippen molar-refractivity contribution in [1.29, 1.82) is 0 Å². The van der Waals surface area contributed by atoms with Gasteiger partial charge in [0.15, 0.2) is 0 Å². The van der Waals surface area contributed by atoms with Crippen molar-refractivity contribution in [2.45, 2.75) is 39.2 Å². The Labute approximate surface area is 126 Å². The number of hydrogen-bond donors (Lipinski definition) is 2. The van der Waals surface area contributed by atoms with Gasteiger partial charge in [-0.3, -0.25) is 5.10 Å². The Morgan fingerprint density at radius 2 is 2.05 bits per heavy atom. The summed E-state index contributed by atoms with van der Waals surface area (Å²) in [7, 11) is 1.70. The molecule has 1 atom stereocenters. The molecule has 0 fully saturated rings. The van der Waals surface area contributed by atoms with Gasteiger partial charge in [-0.2, -0.15) is 5.10 Å². The lowest BCUT2D eigenvalue weighted by atomic mass is 10.0. The van der Waals surface area contributed by atoms with Crippen LogP contribution in [0.4, 0.5) is 0 Å². The van der Waals surface area contributed by atoms with Crippen LogP contribution >= 0.6 is 0 Å². The summed E-state index contributed by atoms with van der Waals surface area (Å²) < 4.78 is 5.20. The summed E-state index contributed by atoms with van der Waals surface area (Å²) in [6.07, 6.45) is 5.19. The lowest BCUT2D eigenvalue weighted by Gasteiger charge is -2.17. The van der Waals surface area contributed by atoms with E-state index in [1.165, 1.54) is 16.8 Å². The van der Waals surface area contributed by atoms with Gasteiger partial charge >= 0.3 is 0 Å². The number of ether oxygens (including phenoxy) is 1. The van der Waals surface area contributed by atoms with Crippen molar-refractivity contribution >= 4 is 0 Å². The van der Waals surface area contributed by atoms with Crippen molar-refractivity contribution in [2.24, 2.45) is 0 Å². The standard InChI is InChI=1S/C17H25N3O/c1-4-17(14-7-9-16(21-3)10-8-14)18-11-5-6-15-12-19-20-13(15)2/h7-10,12,17-18H,4-6,11H2,1-3H3,(H,19,20). The van der Waals surface area contributed by atoms with E-state index in [2.05, 4.69) is 41.5 Å². The van der Waals surface area contributed by atoms with E-state index < -0.39 is 0 Å². The van der Waals surface area contributed by atoms with Gasteiger partial charge in [0.25, 0.3) is 0 Å². The second-order valence-corrected chi connectivity index (χ2v) is 5.31. The van der Waals surface area contributed by atoms with Crippen molar-refractivity contribution < 1.29 is 4.74 Å². The molecule has 1 unspecified atom stereocenters. The van der Waals surface area contributed by atoms with Crippen LogP contribution in [0.3, 0.4) is 0 Å². The molecule has 2 rings (SSSR count). The van der Waals surface area contributed by atoms with Crippen LogP contribution in [0, 0.1) is 6.92 Å². The molecule has 21 heavy (non-hydrogen) atoms. The van der Waals surface area contributed by atoms with E-state index in [0.29, 0.717) is 6.04 Å². The molecule has 0 radical (unpaired) electrons. The Bertz CT molecular complexity index is 533. The maximum atomic E-state index is 5.20. The zero-order chi connectivity index (χ0) is 15.1. The van der Waals surface area contributed by atoms with E-state index in [1.807, 2.05) is 18.3 Å². The fourth-order valence-electron chi connectivity index (χ4n) is 2.52. The van der Waals surface area contributed by atoms with E-state index in [-0.39, 0.29) is 0 Å². The highest BCUT2D eigenvalue weighted by Crippen LogP contribution is 2.20. The Hall–Kier alpha value is -1.81. The number of rotatable bonds is 8. The molecule has 0 saturated heterocycles. The summed E-state index contributed by atoms with van der Waals surface area (Å²) in [5.41, 5.74) is 3.81. The number of aromatic nitrogens is 2. The molecule has 2 N–H and O–H groups in total. The molecule has 1 heterocycles. The number of benzene rings is 1. The molecular weight excluding hydrogens is 262 g/mol. The lowest BCUT2D eigenvalue weighted by molar-refractivity contribution is 0.414. The van der Waals surface area contributed by atoms with Gasteiger partial charge in [-0.1, -0.05) is 19.1 Å². The number of hydrogen-bond acceptors (Lipinski definition) is 3. The predicted molar refractivity (Wildman–Crippen MR) is 85.7 cm³/mol. The topological polar surface area (TPSA) is 49.9 Å². The third-order valence-electron chi connectivity index (χ3n) is 3.87. The van der Waals surface area contributed by atoms with E-state index in [0.717, 1.165) is 31.6 Å². The molecule has 0 spiro atoms. The summed E-state index contributed by atoms with van der Waals surface area (Å²) >= 11 is 0. The van der Waals surface area contributed by atoms with Gasteiger partial charge in [0.1, 0.15) is 5.75 Å². The van der Waals surface area contributed by atoms with Crippen molar-refractivity contribution in [3.63, 3.8) is 0 Å². The van der Waals surface area contributed by atoms with Crippen LogP contribution in [0.5, 0.6) is 5.75 Å². The van der Waals surface area contributed by atoms with Crippen molar-refractivity contribution in [2.75, 3.05) is 13.7 Å². The minimum atomic E-state index is 0.404. The third kappa shape index (κ3) is 4.33. The number of nitrogens with one attached hydrogen (secondary N) is 2. The monoisotopic (exact) mass is 287 g/mol. The fraction of sp³-hybridized carbons (Fsp3) is 0.471. The zero-order valence-electron chi connectivity index (χ0n) is 13.1. The van der Waals surface area contributed by atoms with Crippen LogP contribution in [0.25, 0.3) is 0 Å². The van der Waals surface area contributed by atoms with Gasteiger partial charge in [-0.25, -0.2) is 0 Å². The van der Waals surface area contributed by atoms with Crippen LogP contribution in [-0.2, 0) is 6.42 Å². The van der Waals surface area contributed by atoms with Gasteiger partial charge in [0.05, 0.1) is 13.3 Å². The number of nitrogens with zero attached hydrogens (tertiary/aromatic N) is 1. The third-order valence-corrected chi connectivity index (χ3v) is 3.87. The highest BCUT2D eigenvalue weighted by molar-refractivity contribution is 5.29. The first kappa shape index (κ1) is 15.6. The summed E-state index contributed by atoms with van der Waals surface area (Å²) in [5, 5.41) is 10.7. The molecule has 4 nitrogen and oxygen atoms in total. The zero-order valence-corrected chi connectivity index (χ0v) is 13.1. The van der Waals surface area contributed by atoms with E-state index in [9.17, 15) is 0 Å². The van der Waals surface area contributed by atoms with Gasteiger partial charge in [0.2, 0.25) is 0 Å². The Balaban J connectivity index is 1.80. The first-order valence-corrected chi connectivity index (χ1v) is 7.60. The lowest BCUT2D eigenvalue weighted by Crippen LogP contribution is -2.22. The summed E-state index contributed by atoms with van der Waals surface area (Å²) in [4.78, 5) is 0. The van der Waals surface area contributed by atoms with Crippen molar-refractivity contribution in [1.82, 2.24) is 15.5 Å². The van der Waals surface area contributed by atoms with Crippen molar-refractivity contribution in [3.8, 4) is 5.75 Å².